The minimum absolute atomic E-state index is 0.822. The van der Waals surface area contributed by atoms with Crippen LogP contribution in [0.25, 0.3) is 0 Å². The minimum atomic E-state index is 0.822. The van der Waals surface area contributed by atoms with Gasteiger partial charge in [0, 0.05) is 12.1 Å². The van der Waals surface area contributed by atoms with Crippen molar-refractivity contribution in [3.05, 3.63) is 0 Å². The zero-order chi connectivity index (χ0) is 12.2. The van der Waals surface area contributed by atoms with Crippen molar-refractivity contribution in [3.8, 4) is 0 Å². The Morgan fingerprint density at radius 3 is 2.50 bits per heavy atom. The molecule has 1 saturated heterocycles. The van der Waals surface area contributed by atoms with Gasteiger partial charge in [-0.1, -0.05) is 25.7 Å². The van der Waals surface area contributed by atoms with E-state index < -0.39 is 0 Å². The Kier molecular flexibility index (Phi) is 4.58. The summed E-state index contributed by atoms with van der Waals surface area (Å²) < 4.78 is 0. The van der Waals surface area contributed by atoms with Gasteiger partial charge in [-0.2, -0.15) is 0 Å². The SMILES string of the molecule is C1CCC(CNC2CCCC2C2CCCN2)CC1. The first-order chi connectivity index (χ1) is 8.93. The average molecular weight is 250 g/mol. The third kappa shape index (κ3) is 3.08. The van der Waals surface area contributed by atoms with Crippen molar-refractivity contribution in [1.29, 1.82) is 0 Å². The predicted molar refractivity (Wildman–Crippen MR) is 76.7 cm³/mol. The third-order valence-corrected chi connectivity index (χ3v) is 5.58. The van der Waals surface area contributed by atoms with E-state index in [9.17, 15) is 0 Å². The van der Waals surface area contributed by atoms with E-state index in [1.54, 1.807) is 0 Å². The van der Waals surface area contributed by atoms with Crippen molar-refractivity contribution in [2.45, 2.75) is 76.3 Å². The third-order valence-electron chi connectivity index (χ3n) is 5.58. The van der Waals surface area contributed by atoms with Crippen LogP contribution in [0.3, 0.4) is 0 Å². The van der Waals surface area contributed by atoms with Gasteiger partial charge in [-0.05, 0) is 63.5 Å². The Labute approximate surface area is 112 Å². The van der Waals surface area contributed by atoms with Crippen molar-refractivity contribution in [3.63, 3.8) is 0 Å². The Balaban J connectivity index is 1.45. The molecule has 104 valence electrons. The molecule has 2 heteroatoms. The summed E-state index contributed by atoms with van der Waals surface area (Å²) in [5.74, 6) is 1.91. The lowest BCUT2D eigenvalue weighted by Crippen LogP contribution is -2.43. The highest BCUT2D eigenvalue weighted by atomic mass is 15.0. The Morgan fingerprint density at radius 2 is 1.72 bits per heavy atom. The highest BCUT2D eigenvalue weighted by Crippen LogP contribution is 2.32. The van der Waals surface area contributed by atoms with Gasteiger partial charge < -0.3 is 10.6 Å². The van der Waals surface area contributed by atoms with Crippen LogP contribution in [0.5, 0.6) is 0 Å². The van der Waals surface area contributed by atoms with Crippen molar-refractivity contribution < 1.29 is 0 Å². The largest absolute Gasteiger partial charge is 0.314 e. The highest BCUT2D eigenvalue weighted by Gasteiger charge is 2.34. The van der Waals surface area contributed by atoms with E-state index in [-0.39, 0.29) is 0 Å². The molecule has 1 aliphatic heterocycles. The molecule has 1 heterocycles. The number of rotatable bonds is 4. The van der Waals surface area contributed by atoms with Crippen LogP contribution in [-0.4, -0.2) is 25.2 Å². The Hall–Kier alpha value is -0.0800. The van der Waals surface area contributed by atoms with Gasteiger partial charge in [-0.3, -0.25) is 0 Å². The molecule has 0 aromatic carbocycles. The molecular formula is C16H30N2. The summed E-state index contributed by atoms with van der Waals surface area (Å²) in [5.41, 5.74) is 0. The second-order valence-electron chi connectivity index (χ2n) is 6.82. The van der Waals surface area contributed by atoms with Crippen LogP contribution in [-0.2, 0) is 0 Å². The van der Waals surface area contributed by atoms with Crippen LogP contribution < -0.4 is 10.6 Å². The second kappa shape index (κ2) is 6.38. The maximum absolute atomic E-state index is 3.94. The van der Waals surface area contributed by atoms with E-state index in [1.165, 1.54) is 77.3 Å². The molecule has 3 aliphatic rings. The van der Waals surface area contributed by atoms with E-state index in [0.29, 0.717) is 0 Å². The monoisotopic (exact) mass is 250 g/mol. The molecule has 0 aromatic heterocycles. The molecule has 2 aliphatic carbocycles. The molecule has 0 aromatic rings. The molecule has 18 heavy (non-hydrogen) atoms. The van der Waals surface area contributed by atoms with Gasteiger partial charge in [0.15, 0.2) is 0 Å². The number of hydrogen-bond acceptors (Lipinski definition) is 2. The number of hydrogen-bond donors (Lipinski definition) is 2. The van der Waals surface area contributed by atoms with Crippen LogP contribution in [0.1, 0.15) is 64.2 Å². The normalized spacial score (nSPS) is 38.3. The van der Waals surface area contributed by atoms with Crippen LogP contribution >= 0.6 is 0 Å². The molecule has 2 N–H and O–H groups in total. The lowest BCUT2D eigenvalue weighted by Gasteiger charge is -2.29. The highest BCUT2D eigenvalue weighted by molar-refractivity contribution is 4.93. The van der Waals surface area contributed by atoms with Crippen molar-refractivity contribution in [2.24, 2.45) is 11.8 Å². The zero-order valence-electron chi connectivity index (χ0n) is 11.8. The van der Waals surface area contributed by atoms with Crippen LogP contribution in [0.2, 0.25) is 0 Å². The first-order valence-electron chi connectivity index (χ1n) is 8.40. The van der Waals surface area contributed by atoms with Gasteiger partial charge in [-0.25, -0.2) is 0 Å². The standard InChI is InChI=1S/C16H30N2/c1-2-6-13(7-3-1)12-18-16-9-4-8-14(16)15-10-5-11-17-15/h13-18H,1-12H2. The van der Waals surface area contributed by atoms with Gasteiger partial charge in [0.1, 0.15) is 0 Å². The molecule has 3 atom stereocenters. The van der Waals surface area contributed by atoms with Gasteiger partial charge in [0.25, 0.3) is 0 Å². The lowest BCUT2D eigenvalue weighted by atomic mass is 9.88. The first kappa shape index (κ1) is 12.9. The smallest absolute Gasteiger partial charge is 0.0111 e. The van der Waals surface area contributed by atoms with Gasteiger partial charge >= 0.3 is 0 Å². The fraction of sp³-hybridized carbons (Fsp3) is 1.00. The summed E-state index contributed by atoms with van der Waals surface area (Å²) in [6, 6.07) is 1.65. The molecule has 0 amide bonds. The van der Waals surface area contributed by atoms with Crippen LogP contribution in [0, 0.1) is 11.8 Å². The maximum atomic E-state index is 3.94. The van der Waals surface area contributed by atoms with Gasteiger partial charge in [-0.15, -0.1) is 0 Å². The quantitative estimate of drug-likeness (QED) is 0.801. The molecule has 0 radical (unpaired) electrons. The average Bonchev–Trinajstić information content (AvgIpc) is 3.08. The molecular weight excluding hydrogens is 220 g/mol. The van der Waals surface area contributed by atoms with Crippen LogP contribution in [0.4, 0.5) is 0 Å². The summed E-state index contributed by atoms with van der Waals surface area (Å²) in [6.07, 6.45) is 14.5. The summed E-state index contributed by atoms with van der Waals surface area (Å²) in [6.45, 7) is 2.56. The topological polar surface area (TPSA) is 24.1 Å². The maximum Gasteiger partial charge on any atom is 0.0111 e. The van der Waals surface area contributed by atoms with Gasteiger partial charge in [0.2, 0.25) is 0 Å². The zero-order valence-corrected chi connectivity index (χ0v) is 11.8. The minimum Gasteiger partial charge on any atom is -0.314 e. The molecule has 2 nitrogen and oxygen atoms in total. The summed E-state index contributed by atoms with van der Waals surface area (Å²) in [7, 11) is 0. The second-order valence-corrected chi connectivity index (χ2v) is 6.82. The molecule has 0 bridgehead atoms. The van der Waals surface area contributed by atoms with E-state index >= 15 is 0 Å². The fourth-order valence-electron chi connectivity index (χ4n) is 4.51. The van der Waals surface area contributed by atoms with E-state index in [2.05, 4.69) is 10.6 Å². The summed E-state index contributed by atoms with van der Waals surface area (Å²) >= 11 is 0. The molecule has 3 unspecified atom stereocenters. The van der Waals surface area contributed by atoms with E-state index in [4.69, 9.17) is 0 Å². The van der Waals surface area contributed by atoms with E-state index in [1.807, 2.05) is 0 Å². The summed E-state index contributed by atoms with van der Waals surface area (Å²) in [5, 5.41) is 7.66. The van der Waals surface area contributed by atoms with E-state index in [0.717, 1.165) is 23.9 Å². The lowest BCUT2D eigenvalue weighted by molar-refractivity contribution is 0.280. The Bertz CT molecular complexity index is 241. The number of nitrogens with one attached hydrogen (secondary N) is 2. The summed E-state index contributed by atoms with van der Waals surface area (Å²) in [4.78, 5) is 0. The van der Waals surface area contributed by atoms with Gasteiger partial charge in [0.05, 0.1) is 0 Å². The molecule has 2 saturated carbocycles. The molecule has 0 spiro atoms. The predicted octanol–water partition coefficient (Wildman–Crippen LogP) is 3.08. The molecule has 3 rings (SSSR count). The van der Waals surface area contributed by atoms with Crippen molar-refractivity contribution >= 4 is 0 Å². The molecule has 3 fully saturated rings. The first-order valence-corrected chi connectivity index (χ1v) is 8.40. The fourth-order valence-corrected chi connectivity index (χ4v) is 4.51. The van der Waals surface area contributed by atoms with Crippen LogP contribution in [0.15, 0.2) is 0 Å². The van der Waals surface area contributed by atoms with Crippen molar-refractivity contribution in [1.82, 2.24) is 10.6 Å². The van der Waals surface area contributed by atoms with Crippen molar-refractivity contribution in [2.75, 3.05) is 13.1 Å². The Morgan fingerprint density at radius 1 is 0.833 bits per heavy atom.